The van der Waals surface area contributed by atoms with Crippen molar-refractivity contribution in [1.82, 2.24) is 0 Å². The molecule has 3 rings (SSSR count). The Hall–Kier alpha value is -2.51. The van der Waals surface area contributed by atoms with E-state index in [1.165, 1.54) is 0 Å². The van der Waals surface area contributed by atoms with Crippen molar-refractivity contribution < 1.29 is 0 Å². The maximum absolute atomic E-state index is 8.99. The number of nitriles is 1. The van der Waals surface area contributed by atoms with Gasteiger partial charge in [-0.3, -0.25) is 0 Å². The van der Waals surface area contributed by atoms with E-state index in [0.29, 0.717) is 12.1 Å². The van der Waals surface area contributed by atoms with Crippen molar-refractivity contribution in [2.24, 2.45) is 5.73 Å². The first-order chi connectivity index (χ1) is 9.81. The van der Waals surface area contributed by atoms with Gasteiger partial charge < -0.3 is 16.0 Å². The Labute approximate surface area is 118 Å². The van der Waals surface area contributed by atoms with Crippen LogP contribution in [0.5, 0.6) is 0 Å². The van der Waals surface area contributed by atoms with E-state index in [2.05, 4.69) is 28.4 Å². The van der Waals surface area contributed by atoms with Gasteiger partial charge in [0.2, 0.25) is 0 Å². The van der Waals surface area contributed by atoms with Crippen LogP contribution in [0.2, 0.25) is 0 Å². The van der Waals surface area contributed by atoms with Crippen molar-refractivity contribution in [3.05, 3.63) is 53.6 Å². The zero-order valence-corrected chi connectivity index (χ0v) is 11.1. The molecule has 3 N–H and O–H groups in total. The highest BCUT2D eigenvalue weighted by molar-refractivity contribution is 5.79. The molecule has 0 spiro atoms. The maximum Gasteiger partial charge on any atom is 0.0992 e. The minimum Gasteiger partial charge on any atom is -0.382 e. The van der Waals surface area contributed by atoms with Crippen LogP contribution >= 0.6 is 0 Å². The van der Waals surface area contributed by atoms with Gasteiger partial charge in [-0.1, -0.05) is 12.1 Å². The lowest BCUT2D eigenvalue weighted by Crippen LogP contribution is -2.30. The van der Waals surface area contributed by atoms with Crippen LogP contribution in [0.4, 0.5) is 17.1 Å². The summed E-state index contributed by atoms with van der Waals surface area (Å²) in [5.41, 5.74) is 10.8. The standard InChI is InChI=1S/C16H16N4/c17-10-12-2-1-3-14(8-12)20-7-6-19-15-9-13(11-18)4-5-16(15)20/h1-5,8-9,19H,6-7,10,17H2. The van der Waals surface area contributed by atoms with E-state index < -0.39 is 0 Å². The third kappa shape index (κ3) is 2.20. The lowest BCUT2D eigenvalue weighted by Gasteiger charge is -2.32. The number of nitrogens with two attached hydrogens (primary N) is 1. The fourth-order valence-corrected chi connectivity index (χ4v) is 2.52. The average molecular weight is 264 g/mol. The predicted molar refractivity (Wildman–Crippen MR) is 81.0 cm³/mol. The van der Waals surface area contributed by atoms with Gasteiger partial charge in [0.15, 0.2) is 0 Å². The molecule has 0 amide bonds. The third-order valence-corrected chi connectivity index (χ3v) is 3.53. The monoisotopic (exact) mass is 264 g/mol. The Bertz CT molecular complexity index is 672. The van der Waals surface area contributed by atoms with Crippen LogP contribution in [0.1, 0.15) is 11.1 Å². The second-order valence-electron chi connectivity index (χ2n) is 4.80. The molecule has 2 aromatic carbocycles. The number of benzene rings is 2. The summed E-state index contributed by atoms with van der Waals surface area (Å²) in [5.74, 6) is 0. The summed E-state index contributed by atoms with van der Waals surface area (Å²) < 4.78 is 0. The van der Waals surface area contributed by atoms with Gasteiger partial charge in [-0.15, -0.1) is 0 Å². The second kappa shape index (κ2) is 5.24. The zero-order valence-electron chi connectivity index (χ0n) is 11.1. The molecule has 0 aromatic heterocycles. The highest BCUT2D eigenvalue weighted by Crippen LogP contribution is 2.35. The van der Waals surface area contributed by atoms with Gasteiger partial charge in [0.05, 0.1) is 23.0 Å². The summed E-state index contributed by atoms with van der Waals surface area (Å²) >= 11 is 0. The fourth-order valence-electron chi connectivity index (χ4n) is 2.52. The molecule has 100 valence electrons. The SMILES string of the molecule is N#Cc1ccc2c(c1)NCCN2c1cccc(CN)c1. The zero-order chi connectivity index (χ0) is 13.9. The summed E-state index contributed by atoms with van der Waals surface area (Å²) in [6.07, 6.45) is 0. The van der Waals surface area contributed by atoms with E-state index in [1.807, 2.05) is 30.3 Å². The summed E-state index contributed by atoms with van der Waals surface area (Å²) in [6, 6.07) is 16.2. The van der Waals surface area contributed by atoms with Gasteiger partial charge >= 0.3 is 0 Å². The largest absolute Gasteiger partial charge is 0.382 e. The molecule has 2 aromatic rings. The molecule has 1 heterocycles. The van der Waals surface area contributed by atoms with Crippen LogP contribution in [-0.2, 0) is 6.54 Å². The normalized spacial score (nSPS) is 13.3. The molecule has 0 saturated carbocycles. The van der Waals surface area contributed by atoms with Gasteiger partial charge in [0, 0.05) is 25.3 Å². The van der Waals surface area contributed by atoms with Crippen molar-refractivity contribution in [1.29, 1.82) is 5.26 Å². The highest BCUT2D eigenvalue weighted by atomic mass is 15.2. The number of fused-ring (bicyclic) bond motifs is 1. The Balaban J connectivity index is 2.03. The second-order valence-corrected chi connectivity index (χ2v) is 4.80. The molecule has 4 nitrogen and oxygen atoms in total. The van der Waals surface area contributed by atoms with E-state index in [4.69, 9.17) is 11.0 Å². The van der Waals surface area contributed by atoms with E-state index in [-0.39, 0.29) is 0 Å². The van der Waals surface area contributed by atoms with Crippen LogP contribution in [-0.4, -0.2) is 13.1 Å². The molecule has 0 atom stereocenters. The van der Waals surface area contributed by atoms with E-state index in [1.54, 1.807) is 0 Å². The van der Waals surface area contributed by atoms with E-state index in [9.17, 15) is 0 Å². The maximum atomic E-state index is 8.99. The van der Waals surface area contributed by atoms with Crippen LogP contribution in [0, 0.1) is 11.3 Å². The molecule has 0 radical (unpaired) electrons. The first-order valence-corrected chi connectivity index (χ1v) is 6.66. The number of rotatable bonds is 2. The van der Waals surface area contributed by atoms with Gasteiger partial charge in [-0.2, -0.15) is 5.26 Å². The molecule has 20 heavy (non-hydrogen) atoms. The lowest BCUT2D eigenvalue weighted by atomic mass is 10.1. The molecular formula is C16H16N4. The van der Waals surface area contributed by atoms with Crippen LogP contribution in [0.25, 0.3) is 0 Å². The van der Waals surface area contributed by atoms with Crippen LogP contribution in [0.15, 0.2) is 42.5 Å². The van der Waals surface area contributed by atoms with Gasteiger partial charge in [0.25, 0.3) is 0 Å². The summed E-state index contributed by atoms with van der Waals surface area (Å²) in [6.45, 7) is 2.29. The molecule has 4 heteroatoms. The van der Waals surface area contributed by atoms with Gasteiger partial charge in [-0.25, -0.2) is 0 Å². The van der Waals surface area contributed by atoms with E-state index >= 15 is 0 Å². The minimum absolute atomic E-state index is 0.542. The predicted octanol–water partition coefficient (Wildman–Crippen LogP) is 2.58. The number of anilines is 3. The summed E-state index contributed by atoms with van der Waals surface area (Å²) in [7, 11) is 0. The van der Waals surface area contributed by atoms with Crippen LogP contribution in [0.3, 0.4) is 0 Å². The van der Waals surface area contributed by atoms with Gasteiger partial charge in [-0.05, 0) is 35.9 Å². The Morgan fingerprint density at radius 3 is 2.95 bits per heavy atom. The average Bonchev–Trinajstić information content (AvgIpc) is 2.53. The van der Waals surface area contributed by atoms with Crippen molar-refractivity contribution >= 4 is 17.1 Å². The Morgan fingerprint density at radius 2 is 2.15 bits per heavy atom. The topological polar surface area (TPSA) is 65.1 Å². The van der Waals surface area contributed by atoms with Crippen molar-refractivity contribution in [2.45, 2.75) is 6.54 Å². The molecule has 0 bridgehead atoms. The Morgan fingerprint density at radius 1 is 1.25 bits per heavy atom. The van der Waals surface area contributed by atoms with Crippen molar-refractivity contribution in [2.75, 3.05) is 23.3 Å². The number of hydrogen-bond donors (Lipinski definition) is 2. The van der Waals surface area contributed by atoms with Crippen LogP contribution < -0.4 is 16.0 Å². The fraction of sp³-hybridized carbons (Fsp3) is 0.188. The first-order valence-electron chi connectivity index (χ1n) is 6.66. The van der Waals surface area contributed by atoms with Gasteiger partial charge in [0.1, 0.15) is 0 Å². The molecular weight excluding hydrogens is 248 g/mol. The molecule has 0 saturated heterocycles. The number of hydrogen-bond acceptors (Lipinski definition) is 4. The number of nitrogens with one attached hydrogen (secondary N) is 1. The summed E-state index contributed by atoms with van der Waals surface area (Å²) in [5, 5.41) is 12.3. The summed E-state index contributed by atoms with van der Waals surface area (Å²) in [4.78, 5) is 2.26. The third-order valence-electron chi connectivity index (χ3n) is 3.53. The van der Waals surface area contributed by atoms with Crippen molar-refractivity contribution in [3.8, 4) is 6.07 Å². The first kappa shape index (κ1) is 12.5. The van der Waals surface area contributed by atoms with E-state index in [0.717, 1.165) is 35.7 Å². The lowest BCUT2D eigenvalue weighted by molar-refractivity contribution is 0.923. The number of nitrogens with zero attached hydrogens (tertiary/aromatic N) is 2. The minimum atomic E-state index is 0.542. The smallest absolute Gasteiger partial charge is 0.0992 e. The molecule has 0 fully saturated rings. The molecule has 1 aliphatic rings. The molecule has 1 aliphatic heterocycles. The quantitative estimate of drug-likeness (QED) is 0.875. The van der Waals surface area contributed by atoms with Crippen molar-refractivity contribution in [3.63, 3.8) is 0 Å². The Kier molecular flexibility index (Phi) is 3.28. The molecule has 0 aliphatic carbocycles. The highest BCUT2D eigenvalue weighted by Gasteiger charge is 2.18. The molecule has 0 unspecified atom stereocenters.